The van der Waals surface area contributed by atoms with Crippen LogP contribution >= 0.6 is 0 Å². The quantitative estimate of drug-likeness (QED) is 0.772. The van der Waals surface area contributed by atoms with Crippen LogP contribution in [0.15, 0.2) is 42.5 Å². The first-order valence-corrected chi connectivity index (χ1v) is 7.93. The van der Waals surface area contributed by atoms with Crippen molar-refractivity contribution in [3.05, 3.63) is 59.3 Å². The monoisotopic (exact) mass is 305 g/mol. The number of aromatic nitrogens is 2. The van der Waals surface area contributed by atoms with Gasteiger partial charge in [0.2, 0.25) is 5.91 Å². The molecule has 4 nitrogen and oxygen atoms in total. The highest BCUT2D eigenvalue weighted by Crippen LogP contribution is 2.48. The summed E-state index contributed by atoms with van der Waals surface area (Å²) >= 11 is 0. The van der Waals surface area contributed by atoms with Crippen LogP contribution in [0.3, 0.4) is 0 Å². The van der Waals surface area contributed by atoms with Crippen molar-refractivity contribution in [2.45, 2.75) is 32.1 Å². The van der Waals surface area contributed by atoms with E-state index in [4.69, 9.17) is 0 Å². The van der Waals surface area contributed by atoms with E-state index >= 15 is 0 Å². The molecule has 2 heterocycles. The van der Waals surface area contributed by atoms with Crippen LogP contribution in [-0.2, 0) is 10.2 Å². The first-order valence-electron chi connectivity index (χ1n) is 7.93. The van der Waals surface area contributed by atoms with Gasteiger partial charge in [-0.25, -0.2) is 4.98 Å². The molecule has 0 spiro atoms. The van der Waals surface area contributed by atoms with Crippen LogP contribution in [0.4, 0.5) is 5.82 Å². The number of aryl methyl sites for hydroxylation is 2. The van der Waals surface area contributed by atoms with Crippen molar-refractivity contribution in [1.29, 1.82) is 0 Å². The van der Waals surface area contributed by atoms with Gasteiger partial charge >= 0.3 is 0 Å². The van der Waals surface area contributed by atoms with Gasteiger partial charge in [-0.2, -0.15) is 0 Å². The third-order valence-electron chi connectivity index (χ3n) is 4.89. The summed E-state index contributed by atoms with van der Waals surface area (Å²) in [5, 5.41) is 3.01. The number of H-pyrrole nitrogens is 1. The molecule has 4 heteroatoms. The first-order chi connectivity index (χ1) is 11.1. The summed E-state index contributed by atoms with van der Waals surface area (Å²) in [7, 11) is 0. The SMILES string of the molecule is Cc1[nH]c2ccc(NC(=O)C3(c4ccccc4)CC3)nc2c1C. The standard InChI is InChI=1S/C19H19N3O/c1-12-13(2)20-15-8-9-16(21-17(12)15)22-18(23)19(10-11-19)14-6-4-3-5-7-14/h3-9,20H,10-11H2,1-2H3,(H,21,22,23). The van der Waals surface area contributed by atoms with Gasteiger partial charge in [-0.15, -0.1) is 0 Å². The summed E-state index contributed by atoms with van der Waals surface area (Å²) in [5.41, 5.74) is 4.87. The summed E-state index contributed by atoms with van der Waals surface area (Å²) in [4.78, 5) is 20.7. The van der Waals surface area contributed by atoms with E-state index in [1.165, 1.54) is 0 Å². The molecule has 3 aromatic rings. The Bertz CT molecular complexity index is 892. The van der Waals surface area contributed by atoms with Gasteiger partial charge < -0.3 is 10.3 Å². The molecule has 1 amide bonds. The van der Waals surface area contributed by atoms with Gasteiger partial charge in [0.05, 0.1) is 16.4 Å². The second-order valence-electron chi connectivity index (χ2n) is 6.37. The number of pyridine rings is 1. The van der Waals surface area contributed by atoms with E-state index in [9.17, 15) is 4.79 Å². The van der Waals surface area contributed by atoms with Crippen molar-refractivity contribution in [3.8, 4) is 0 Å². The number of fused-ring (bicyclic) bond motifs is 1. The van der Waals surface area contributed by atoms with E-state index in [-0.39, 0.29) is 11.3 Å². The summed E-state index contributed by atoms with van der Waals surface area (Å²) in [6.45, 7) is 4.07. The fourth-order valence-corrected chi connectivity index (χ4v) is 3.15. The molecule has 0 radical (unpaired) electrons. The second-order valence-corrected chi connectivity index (χ2v) is 6.37. The van der Waals surface area contributed by atoms with E-state index in [0.29, 0.717) is 5.82 Å². The number of nitrogens with zero attached hydrogens (tertiary/aromatic N) is 1. The molecular weight excluding hydrogens is 286 g/mol. The molecule has 4 rings (SSSR count). The Hall–Kier alpha value is -2.62. The highest BCUT2D eigenvalue weighted by molar-refractivity contribution is 6.01. The molecule has 1 aromatic carbocycles. The number of rotatable bonds is 3. The van der Waals surface area contributed by atoms with E-state index in [1.54, 1.807) is 0 Å². The van der Waals surface area contributed by atoms with Gasteiger partial charge in [-0.1, -0.05) is 30.3 Å². The summed E-state index contributed by atoms with van der Waals surface area (Å²) in [6.07, 6.45) is 1.79. The van der Waals surface area contributed by atoms with Gasteiger partial charge in [-0.05, 0) is 49.9 Å². The fraction of sp³-hybridized carbons (Fsp3) is 0.263. The lowest BCUT2D eigenvalue weighted by Crippen LogP contribution is -2.28. The Labute approximate surface area is 134 Å². The molecule has 0 aliphatic heterocycles. The maximum Gasteiger partial charge on any atom is 0.236 e. The molecule has 2 aromatic heterocycles. The summed E-state index contributed by atoms with van der Waals surface area (Å²) < 4.78 is 0. The molecule has 1 aliphatic carbocycles. The molecule has 0 bridgehead atoms. The van der Waals surface area contributed by atoms with Crippen LogP contribution in [-0.4, -0.2) is 15.9 Å². The number of nitrogens with one attached hydrogen (secondary N) is 2. The molecule has 0 unspecified atom stereocenters. The van der Waals surface area contributed by atoms with Crippen LogP contribution in [0, 0.1) is 13.8 Å². The number of hydrogen-bond acceptors (Lipinski definition) is 2. The van der Waals surface area contributed by atoms with E-state index < -0.39 is 0 Å². The minimum absolute atomic E-state index is 0.0421. The maximum absolute atomic E-state index is 12.8. The smallest absolute Gasteiger partial charge is 0.236 e. The van der Waals surface area contributed by atoms with Crippen LogP contribution in [0.1, 0.15) is 29.7 Å². The minimum Gasteiger partial charge on any atom is -0.357 e. The lowest BCUT2D eigenvalue weighted by molar-refractivity contribution is -0.118. The van der Waals surface area contributed by atoms with E-state index in [2.05, 4.69) is 15.3 Å². The topological polar surface area (TPSA) is 57.8 Å². The van der Waals surface area contributed by atoms with Gasteiger partial charge in [0.25, 0.3) is 0 Å². The van der Waals surface area contributed by atoms with Gasteiger partial charge in [0, 0.05) is 5.69 Å². The fourth-order valence-electron chi connectivity index (χ4n) is 3.15. The Balaban J connectivity index is 1.63. The Morgan fingerprint density at radius 3 is 2.57 bits per heavy atom. The summed E-state index contributed by atoms with van der Waals surface area (Å²) in [5.74, 6) is 0.660. The molecule has 1 fully saturated rings. The number of carbonyl (C=O) groups excluding carboxylic acids is 1. The van der Waals surface area contributed by atoms with Crippen molar-refractivity contribution in [1.82, 2.24) is 9.97 Å². The molecule has 1 aliphatic rings. The molecule has 23 heavy (non-hydrogen) atoms. The zero-order valence-electron chi connectivity index (χ0n) is 13.3. The highest BCUT2D eigenvalue weighted by atomic mass is 16.2. The average molecular weight is 305 g/mol. The van der Waals surface area contributed by atoms with Crippen molar-refractivity contribution >= 4 is 22.8 Å². The van der Waals surface area contributed by atoms with Crippen LogP contribution in [0.2, 0.25) is 0 Å². The van der Waals surface area contributed by atoms with Crippen molar-refractivity contribution in [3.63, 3.8) is 0 Å². The minimum atomic E-state index is -0.374. The largest absolute Gasteiger partial charge is 0.357 e. The molecule has 2 N–H and O–H groups in total. The lowest BCUT2D eigenvalue weighted by atomic mass is 9.95. The predicted octanol–water partition coefficient (Wildman–Crippen LogP) is 3.85. The number of hydrogen-bond donors (Lipinski definition) is 2. The predicted molar refractivity (Wildman–Crippen MR) is 91.6 cm³/mol. The van der Waals surface area contributed by atoms with E-state index in [1.807, 2.05) is 56.3 Å². The van der Waals surface area contributed by atoms with Gasteiger partial charge in [0.15, 0.2) is 0 Å². The Kier molecular flexibility index (Phi) is 3.01. The average Bonchev–Trinajstić information content (AvgIpc) is 3.33. The Morgan fingerprint density at radius 2 is 1.87 bits per heavy atom. The molecule has 116 valence electrons. The second kappa shape index (κ2) is 4.95. The highest BCUT2D eigenvalue weighted by Gasteiger charge is 2.51. The van der Waals surface area contributed by atoms with Crippen LogP contribution < -0.4 is 5.32 Å². The normalized spacial score (nSPS) is 15.6. The molecule has 1 saturated carbocycles. The van der Waals surface area contributed by atoms with Crippen LogP contribution in [0.25, 0.3) is 11.0 Å². The first kappa shape index (κ1) is 14.0. The number of carbonyl (C=O) groups is 1. The zero-order valence-corrected chi connectivity index (χ0v) is 13.3. The zero-order chi connectivity index (χ0) is 16.0. The number of aromatic amines is 1. The molecule has 0 saturated heterocycles. The van der Waals surface area contributed by atoms with Crippen molar-refractivity contribution in [2.24, 2.45) is 0 Å². The Morgan fingerprint density at radius 1 is 1.13 bits per heavy atom. The van der Waals surface area contributed by atoms with Crippen molar-refractivity contribution in [2.75, 3.05) is 5.32 Å². The molecular formula is C19H19N3O. The molecule has 0 atom stereocenters. The number of amides is 1. The van der Waals surface area contributed by atoms with Gasteiger partial charge in [0.1, 0.15) is 5.82 Å². The van der Waals surface area contributed by atoms with Crippen LogP contribution in [0.5, 0.6) is 0 Å². The third kappa shape index (κ3) is 2.22. The lowest BCUT2D eigenvalue weighted by Gasteiger charge is -2.15. The summed E-state index contributed by atoms with van der Waals surface area (Å²) in [6, 6.07) is 13.8. The number of benzene rings is 1. The van der Waals surface area contributed by atoms with Gasteiger partial charge in [-0.3, -0.25) is 4.79 Å². The third-order valence-corrected chi connectivity index (χ3v) is 4.89. The van der Waals surface area contributed by atoms with Crippen molar-refractivity contribution < 1.29 is 4.79 Å². The maximum atomic E-state index is 12.8. The number of anilines is 1. The van der Waals surface area contributed by atoms with E-state index in [0.717, 1.165) is 40.7 Å².